The third-order valence-corrected chi connectivity index (χ3v) is 2.81. The van der Waals surface area contributed by atoms with Crippen LogP contribution in [0.1, 0.15) is 10.4 Å². The van der Waals surface area contributed by atoms with Gasteiger partial charge in [-0.1, -0.05) is 11.6 Å². The van der Waals surface area contributed by atoms with E-state index in [1.165, 1.54) is 12.1 Å². The maximum absolute atomic E-state index is 11.0. The number of rotatable bonds is 4. The van der Waals surface area contributed by atoms with Gasteiger partial charge in [-0.25, -0.2) is 4.79 Å². The first-order chi connectivity index (χ1) is 9.47. The Hall–Kier alpha value is -2.60. The third-order valence-electron chi connectivity index (χ3n) is 2.56. The minimum Gasteiger partial charge on any atom is -0.477 e. The monoisotopic (exact) mass is 292 g/mol. The summed E-state index contributed by atoms with van der Waals surface area (Å²) < 4.78 is 0. The maximum Gasteiger partial charge on any atom is 0.342 e. The van der Waals surface area contributed by atoms with Crippen LogP contribution in [0.15, 0.2) is 42.5 Å². The van der Waals surface area contributed by atoms with E-state index in [4.69, 9.17) is 16.7 Å². The van der Waals surface area contributed by atoms with E-state index in [0.29, 0.717) is 16.4 Å². The zero-order valence-corrected chi connectivity index (χ0v) is 10.8. The van der Waals surface area contributed by atoms with Crippen LogP contribution in [-0.2, 0) is 0 Å². The van der Waals surface area contributed by atoms with Gasteiger partial charge in [0, 0.05) is 22.5 Å². The summed E-state index contributed by atoms with van der Waals surface area (Å²) in [5, 5.41) is 23.3. The highest BCUT2D eigenvalue weighted by Crippen LogP contribution is 2.25. The van der Waals surface area contributed by atoms with Crippen molar-refractivity contribution in [1.82, 2.24) is 0 Å². The van der Waals surface area contributed by atoms with E-state index in [1.54, 1.807) is 24.3 Å². The number of carboxylic acids is 1. The zero-order chi connectivity index (χ0) is 14.7. The van der Waals surface area contributed by atoms with Crippen LogP contribution in [0.4, 0.5) is 17.1 Å². The Balaban J connectivity index is 2.34. The van der Waals surface area contributed by atoms with Crippen LogP contribution in [0.2, 0.25) is 5.02 Å². The van der Waals surface area contributed by atoms with E-state index < -0.39 is 16.6 Å². The molecule has 0 fully saturated rings. The van der Waals surface area contributed by atoms with Gasteiger partial charge in [0.05, 0.1) is 4.92 Å². The van der Waals surface area contributed by atoms with E-state index >= 15 is 0 Å². The summed E-state index contributed by atoms with van der Waals surface area (Å²) in [5.74, 6) is -1.35. The van der Waals surface area contributed by atoms with Crippen molar-refractivity contribution in [1.29, 1.82) is 0 Å². The molecule has 0 radical (unpaired) electrons. The van der Waals surface area contributed by atoms with Crippen LogP contribution in [0, 0.1) is 10.1 Å². The first kappa shape index (κ1) is 13.8. The summed E-state index contributed by atoms with van der Waals surface area (Å²) in [5.41, 5.74) is 0.322. The number of hydrogen-bond acceptors (Lipinski definition) is 4. The summed E-state index contributed by atoms with van der Waals surface area (Å²) in [4.78, 5) is 21.0. The predicted molar refractivity (Wildman–Crippen MR) is 74.8 cm³/mol. The molecule has 7 heteroatoms. The fourth-order valence-corrected chi connectivity index (χ4v) is 1.77. The minimum atomic E-state index is -1.35. The molecule has 0 aliphatic carbocycles. The molecule has 2 rings (SSSR count). The van der Waals surface area contributed by atoms with Gasteiger partial charge in [-0.15, -0.1) is 0 Å². The standard InChI is InChI=1S/C13H9ClN2O4/c14-8-1-3-9(4-2-8)15-10-5-6-12(16(19)20)11(7-10)13(17)18/h1-7,15H,(H,17,18). The SMILES string of the molecule is O=C(O)c1cc(Nc2ccc(Cl)cc2)ccc1[N+](=O)[O-]. The zero-order valence-electron chi connectivity index (χ0n) is 10.0. The van der Waals surface area contributed by atoms with Crippen molar-refractivity contribution in [2.24, 2.45) is 0 Å². The predicted octanol–water partition coefficient (Wildman–Crippen LogP) is 3.69. The van der Waals surface area contributed by atoms with Gasteiger partial charge in [0.25, 0.3) is 5.69 Å². The molecule has 0 amide bonds. The Morgan fingerprint density at radius 1 is 1.15 bits per heavy atom. The van der Waals surface area contributed by atoms with Crippen LogP contribution in [0.25, 0.3) is 0 Å². The topological polar surface area (TPSA) is 92.5 Å². The molecule has 2 aromatic carbocycles. The lowest BCUT2D eigenvalue weighted by Gasteiger charge is -2.07. The Morgan fingerprint density at radius 2 is 1.75 bits per heavy atom. The molecule has 0 saturated heterocycles. The Morgan fingerprint density at radius 3 is 2.30 bits per heavy atom. The summed E-state index contributed by atoms with van der Waals surface area (Å²) in [6.45, 7) is 0. The van der Waals surface area contributed by atoms with Gasteiger partial charge in [0.15, 0.2) is 0 Å². The normalized spacial score (nSPS) is 10.1. The highest BCUT2D eigenvalue weighted by Gasteiger charge is 2.19. The number of nitrogens with zero attached hydrogens (tertiary/aromatic N) is 1. The number of carbonyl (C=O) groups is 1. The first-order valence-corrected chi connectivity index (χ1v) is 5.89. The van der Waals surface area contributed by atoms with Crippen molar-refractivity contribution in [3.05, 3.63) is 63.2 Å². The number of nitro benzene ring substituents is 1. The molecule has 2 aromatic rings. The molecule has 102 valence electrons. The van der Waals surface area contributed by atoms with Crippen molar-refractivity contribution < 1.29 is 14.8 Å². The van der Waals surface area contributed by atoms with Gasteiger partial charge in [0.1, 0.15) is 5.56 Å². The van der Waals surface area contributed by atoms with Crippen molar-refractivity contribution in [3.63, 3.8) is 0 Å². The average molecular weight is 293 g/mol. The van der Waals surface area contributed by atoms with Gasteiger partial charge in [-0.3, -0.25) is 10.1 Å². The Bertz CT molecular complexity index is 671. The van der Waals surface area contributed by atoms with Gasteiger partial charge in [-0.05, 0) is 36.4 Å². The van der Waals surface area contributed by atoms with Crippen LogP contribution in [0.5, 0.6) is 0 Å². The number of nitrogens with one attached hydrogen (secondary N) is 1. The van der Waals surface area contributed by atoms with Crippen LogP contribution >= 0.6 is 11.6 Å². The molecule has 0 aliphatic rings. The summed E-state index contributed by atoms with van der Waals surface area (Å²) in [6, 6.07) is 10.6. The van der Waals surface area contributed by atoms with Gasteiger partial charge >= 0.3 is 5.97 Å². The maximum atomic E-state index is 11.0. The molecule has 2 N–H and O–H groups in total. The number of carboxylic acid groups (broad SMARTS) is 1. The Labute approximate surface area is 118 Å². The molecule has 0 bridgehead atoms. The second-order valence-electron chi connectivity index (χ2n) is 3.93. The molecule has 20 heavy (non-hydrogen) atoms. The first-order valence-electron chi connectivity index (χ1n) is 5.51. The number of aromatic carboxylic acids is 1. The largest absolute Gasteiger partial charge is 0.477 e. The molecular formula is C13H9ClN2O4. The van der Waals surface area contributed by atoms with E-state index in [9.17, 15) is 14.9 Å². The molecule has 0 saturated carbocycles. The lowest BCUT2D eigenvalue weighted by atomic mass is 10.1. The van der Waals surface area contributed by atoms with Crippen LogP contribution in [0.3, 0.4) is 0 Å². The molecule has 6 nitrogen and oxygen atoms in total. The summed E-state index contributed by atoms with van der Waals surface area (Å²) >= 11 is 5.76. The van der Waals surface area contributed by atoms with E-state index in [-0.39, 0.29) is 5.56 Å². The number of benzene rings is 2. The molecular weight excluding hydrogens is 284 g/mol. The highest BCUT2D eigenvalue weighted by molar-refractivity contribution is 6.30. The van der Waals surface area contributed by atoms with Gasteiger partial charge in [-0.2, -0.15) is 0 Å². The van der Waals surface area contributed by atoms with Crippen LogP contribution in [-0.4, -0.2) is 16.0 Å². The van der Waals surface area contributed by atoms with E-state index in [2.05, 4.69) is 5.32 Å². The number of nitro groups is 1. The van der Waals surface area contributed by atoms with Crippen molar-refractivity contribution in [2.45, 2.75) is 0 Å². The fourth-order valence-electron chi connectivity index (χ4n) is 1.64. The van der Waals surface area contributed by atoms with Gasteiger partial charge in [0.2, 0.25) is 0 Å². The van der Waals surface area contributed by atoms with Crippen LogP contribution < -0.4 is 5.32 Å². The smallest absolute Gasteiger partial charge is 0.342 e. The lowest BCUT2D eigenvalue weighted by molar-refractivity contribution is -0.385. The fraction of sp³-hybridized carbons (Fsp3) is 0. The molecule has 0 spiro atoms. The van der Waals surface area contributed by atoms with E-state index in [0.717, 1.165) is 6.07 Å². The Kier molecular flexibility index (Phi) is 3.86. The summed E-state index contributed by atoms with van der Waals surface area (Å²) in [6.07, 6.45) is 0. The minimum absolute atomic E-state index is 0.367. The van der Waals surface area contributed by atoms with Gasteiger partial charge < -0.3 is 10.4 Å². The second kappa shape index (κ2) is 5.58. The quantitative estimate of drug-likeness (QED) is 0.662. The average Bonchev–Trinajstić information content (AvgIpc) is 2.41. The van der Waals surface area contributed by atoms with Crippen molar-refractivity contribution >= 4 is 34.6 Å². The molecule has 0 aromatic heterocycles. The third kappa shape index (κ3) is 3.04. The van der Waals surface area contributed by atoms with E-state index in [1.807, 2.05) is 0 Å². The highest BCUT2D eigenvalue weighted by atomic mass is 35.5. The number of halogens is 1. The molecule has 0 aliphatic heterocycles. The summed E-state index contributed by atoms with van der Waals surface area (Å²) in [7, 11) is 0. The second-order valence-corrected chi connectivity index (χ2v) is 4.36. The molecule has 0 atom stereocenters. The van der Waals surface area contributed by atoms with Crippen molar-refractivity contribution in [3.8, 4) is 0 Å². The molecule has 0 unspecified atom stereocenters. The number of hydrogen-bond donors (Lipinski definition) is 2. The molecule has 0 heterocycles. The van der Waals surface area contributed by atoms with Crippen molar-refractivity contribution in [2.75, 3.05) is 5.32 Å². The number of anilines is 2. The lowest BCUT2D eigenvalue weighted by Crippen LogP contribution is -2.03.